The van der Waals surface area contributed by atoms with Crippen LogP contribution in [0.3, 0.4) is 0 Å². The molecule has 0 atom stereocenters. The van der Waals surface area contributed by atoms with Crippen molar-refractivity contribution in [2.45, 2.75) is 52.9 Å². The molecule has 0 unspecified atom stereocenters. The van der Waals surface area contributed by atoms with Crippen LogP contribution in [0.15, 0.2) is 64.3 Å². The highest BCUT2D eigenvalue weighted by Gasteiger charge is 2.27. The van der Waals surface area contributed by atoms with Crippen LogP contribution in [0.4, 0.5) is 8.78 Å². The third-order valence-electron chi connectivity index (χ3n) is 7.65. The number of aryl methyl sites for hydroxylation is 1. The summed E-state index contributed by atoms with van der Waals surface area (Å²) in [5.74, 6) is 0.475. The number of ether oxygens (including phenoxy) is 1. The number of hydrogen-bond donors (Lipinski definition) is 0. The average molecular weight is 604 g/mol. The van der Waals surface area contributed by atoms with E-state index in [9.17, 15) is 18.4 Å². The van der Waals surface area contributed by atoms with E-state index in [0.29, 0.717) is 64.0 Å². The number of amides is 1. The molecule has 224 valence electrons. The molecule has 0 spiro atoms. The van der Waals surface area contributed by atoms with Crippen LogP contribution in [0.2, 0.25) is 0 Å². The molecule has 4 aromatic rings. The molecule has 0 aliphatic carbocycles. The highest BCUT2D eigenvalue weighted by molar-refractivity contribution is 7.13. The van der Waals surface area contributed by atoms with Gasteiger partial charge in [0.25, 0.3) is 17.9 Å². The van der Waals surface area contributed by atoms with Gasteiger partial charge >= 0.3 is 0 Å². The molecule has 1 aliphatic rings. The van der Waals surface area contributed by atoms with Crippen LogP contribution >= 0.6 is 11.3 Å². The number of alkyl halides is 2. The standard InChI is InChI=1S/C34H35F2N3O3S/c1-5-22-13-14-25(42-4)18-29(22)39-30(17-21(2)3)26(33(40)38-15-7-6-8-16-38)19-27(34(39)41)32-37-28(20-43-32)23-9-11-24(12-10-23)31(35)36/h9-14,17-20,31H,5-8,15-16H2,1-4H3. The minimum atomic E-state index is -2.56. The van der Waals surface area contributed by atoms with Gasteiger partial charge in [-0.05, 0) is 63.3 Å². The summed E-state index contributed by atoms with van der Waals surface area (Å²) in [5.41, 5.74) is 4.63. The molecule has 0 saturated carbocycles. The molecule has 6 nitrogen and oxygen atoms in total. The number of carbonyl (C=O) groups excluding carboxylic acids is 1. The maximum Gasteiger partial charge on any atom is 0.265 e. The number of thiazole rings is 1. The van der Waals surface area contributed by atoms with Gasteiger partial charge in [-0.25, -0.2) is 13.8 Å². The van der Waals surface area contributed by atoms with Gasteiger partial charge in [0.1, 0.15) is 10.8 Å². The van der Waals surface area contributed by atoms with E-state index in [4.69, 9.17) is 9.72 Å². The van der Waals surface area contributed by atoms with Crippen molar-refractivity contribution in [1.82, 2.24) is 14.5 Å². The Morgan fingerprint density at radius 1 is 1.07 bits per heavy atom. The fraction of sp³-hybridized carbons (Fsp3) is 0.324. The summed E-state index contributed by atoms with van der Waals surface area (Å²) in [6.45, 7) is 7.23. The van der Waals surface area contributed by atoms with E-state index in [1.54, 1.807) is 35.3 Å². The van der Waals surface area contributed by atoms with Gasteiger partial charge in [-0.2, -0.15) is 0 Å². The summed E-state index contributed by atoms with van der Waals surface area (Å²) in [6.07, 6.45) is 2.95. The van der Waals surface area contributed by atoms with Crippen LogP contribution in [-0.4, -0.2) is 40.6 Å². The molecule has 0 radical (unpaired) electrons. The number of pyridine rings is 1. The third kappa shape index (κ3) is 6.32. The first-order valence-corrected chi connectivity index (χ1v) is 15.4. The van der Waals surface area contributed by atoms with E-state index in [0.717, 1.165) is 30.4 Å². The zero-order chi connectivity index (χ0) is 30.7. The number of benzene rings is 2. The SMILES string of the molecule is CCc1ccc(OC)cc1-n1c(C=C(C)C)c(C(=O)N2CCCCC2)cc(-c2nc(-c3ccc(C(F)F)cc3)cs2)c1=O. The normalized spacial score (nSPS) is 13.3. The Morgan fingerprint density at radius 2 is 1.79 bits per heavy atom. The minimum Gasteiger partial charge on any atom is -0.497 e. The second-order valence-corrected chi connectivity index (χ2v) is 11.7. The molecule has 43 heavy (non-hydrogen) atoms. The monoisotopic (exact) mass is 603 g/mol. The molecule has 1 fully saturated rings. The van der Waals surface area contributed by atoms with Crippen molar-refractivity contribution < 1.29 is 18.3 Å². The Balaban J connectivity index is 1.76. The minimum absolute atomic E-state index is 0.0668. The molecule has 3 heterocycles. The van der Waals surface area contributed by atoms with Gasteiger partial charge in [-0.1, -0.05) is 42.8 Å². The van der Waals surface area contributed by atoms with Crippen LogP contribution in [0.25, 0.3) is 33.6 Å². The second-order valence-electron chi connectivity index (χ2n) is 10.9. The Morgan fingerprint density at radius 3 is 2.42 bits per heavy atom. The molecule has 1 saturated heterocycles. The smallest absolute Gasteiger partial charge is 0.265 e. The number of carbonyl (C=O) groups is 1. The van der Waals surface area contributed by atoms with Crippen LogP contribution in [0.1, 0.15) is 73.6 Å². The van der Waals surface area contributed by atoms with E-state index < -0.39 is 6.43 Å². The zero-order valence-corrected chi connectivity index (χ0v) is 25.6. The van der Waals surface area contributed by atoms with E-state index in [2.05, 4.69) is 0 Å². The van der Waals surface area contributed by atoms with Crippen molar-refractivity contribution in [2.24, 2.45) is 0 Å². The van der Waals surface area contributed by atoms with Crippen molar-refractivity contribution in [1.29, 1.82) is 0 Å². The number of aromatic nitrogens is 2. The van der Waals surface area contributed by atoms with Crippen LogP contribution in [0.5, 0.6) is 5.75 Å². The van der Waals surface area contributed by atoms with Gasteiger partial charge in [-0.15, -0.1) is 11.3 Å². The maximum atomic E-state index is 14.5. The Bertz CT molecular complexity index is 1710. The molecule has 0 bridgehead atoms. The van der Waals surface area contributed by atoms with E-state index in [1.165, 1.54) is 23.5 Å². The third-order valence-corrected chi connectivity index (χ3v) is 8.52. The number of allylic oxidation sites excluding steroid dienone is 1. The quantitative estimate of drug-likeness (QED) is 0.204. The van der Waals surface area contributed by atoms with Crippen molar-refractivity contribution in [3.63, 3.8) is 0 Å². The van der Waals surface area contributed by atoms with Gasteiger partial charge in [0.15, 0.2) is 0 Å². The first-order valence-electron chi connectivity index (χ1n) is 14.5. The lowest BCUT2D eigenvalue weighted by Gasteiger charge is -2.28. The maximum absolute atomic E-state index is 14.5. The number of hydrogen-bond acceptors (Lipinski definition) is 5. The largest absolute Gasteiger partial charge is 0.497 e. The summed E-state index contributed by atoms with van der Waals surface area (Å²) in [4.78, 5) is 35.3. The van der Waals surface area contributed by atoms with Crippen LogP contribution in [-0.2, 0) is 6.42 Å². The van der Waals surface area contributed by atoms with Gasteiger partial charge in [0.05, 0.1) is 35.3 Å². The Kier molecular flexibility index (Phi) is 9.20. The second kappa shape index (κ2) is 13.0. The molecule has 2 aromatic heterocycles. The molecule has 1 amide bonds. The van der Waals surface area contributed by atoms with E-state index in [1.807, 2.05) is 49.9 Å². The topological polar surface area (TPSA) is 64.4 Å². The lowest BCUT2D eigenvalue weighted by molar-refractivity contribution is 0.0723. The molecule has 1 aliphatic heterocycles. The van der Waals surface area contributed by atoms with Gasteiger partial charge < -0.3 is 9.64 Å². The van der Waals surface area contributed by atoms with E-state index >= 15 is 0 Å². The lowest BCUT2D eigenvalue weighted by atomic mass is 10.0. The van der Waals surface area contributed by atoms with Crippen molar-refractivity contribution >= 4 is 23.3 Å². The molecular formula is C34H35F2N3O3S. The first kappa shape index (κ1) is 30.4. The summed E-state index contributed by atoms with van der Waals surface area (Å²) in [7, 11) is 1.58. The highest BCUT2D eigenvalue weighted by atomic mass is 32.1. The Hall–Kier alpha value is -4.11. The molecule has 0 N–H and O–H groups in total. The summed E-state index contributed by atoms with van der Waals surface area (Å²) in [6, 6.07) is 13.3. The summed E-state index contributed by atoms with van der Waals surface area (Å²) in [5, 5.41) is 2.25. The fourth-order valence-corrected chi connectivity index (χ4v) is 6.22. The Labute approximate surface area is 254 Å². The average Bonchev–Trinajstić information content (AvgIpc) is 3.51. The number of rotatable bonds is 8. The van der Waals surface area contributed by atoms with E-state index in [-0.39, 0.29) is 17.0 Å². The van der Waals surface area contributed by atoms with Gasteiger partial charge in [0.2, 0.25) is 0 Å². The number of methoxy groups -OCH3 is 1. The van der Waals surface area contributed by atoms with Crippen molar-refractivity contribution in [3.05, 3.63) is 92.2 Å². The first-order chi connectivity index (χ1) is 20.7. The fourth-order valence-electron chi connectivity index (χ4n) is 5.38. The molecular weight excluding hydrogens is 568 g/mol. The molecule has 2 aromatic carbocycles. The van der Waals surface area contributed by atoms with Crippen LogP contribution in [0, 0.1) is 0 Å². The molecule has 9 heteroatoms. The van der Waals surface area contributed by atoms with Crippen molar-refractivity contribution in [2.75, 3.05) is 20.2 Å². The summed E-state index contributed by atoms with van der Waals surface area (Å²) < 4.78 is 33.4. The van der Waals surface area contributed by atoms with Gasteiger partial charge in [0, 0.05) is 35.7 Å². The van der Waals surface area contributed by atoms with Crippen molar-refractivity contribution in [3.8, 4) is 33.3 Å². The van der Waals surface area contributed by atoms with Crippen LogP contribution < -0.4 is 10.3 Å². The number of halogens is 2. The number of nitrogens with zero attached hydrogens (tertiary/aromatic N) is 3. The van der Waals surface area contributed by atoms with Gasteiger partial charge in [-0.3, -0.25) is 14.2 Å². The predicted molar refractivity (Wildman–Crippen MR) is 169 cm³/mol. The lowest BCUT2D eigenvalue weighted by Crippen LogP contribution is -2.37. The number of piperidine rings is 1. The zero-order valence-electron chi connectivity index (χ0n) is 24.8. The predicted octanol–water partition coefficient (Wildman–Crippen LogP) is 8.19. The molecule has 5 rings (SSSR count). The highest BCUT2D eigenvalue weighted by Crippen LogP contribution is 2.32. The summed E-state index contributed by atoms with van der Waals surface area (Å²) >= 11 is 1.28. The number of likely N-dealkylation sites (tertiary alicyclic amines) is 1.